The normalized spacial score (nSPS) is 17.0. The molecule has 6 nitrogen and oxygen atoms in total. The van der Waals surface area contributed by atoms with Crippen LogP contribution in [0.25, 0.3) is 10.8 Å². The number of fused-ring (bicyclic) bond motifs is 1. The predicted octanol–water partition coefficient (Wildman–Crippen LogP) is 1.57. The van der Waals surface area contributed by atoms with Gasteiger partial charge in [-0.25, -0.2) is 4.68 Å². The Morgan fingerprint density at radius 2 is 2.08 bits per heavy atom. The molecule has 3 rings (SSSR count). The van der Waals surface area contributed by atoms with Gasteiger partial charge in [-0.15, -0.1) is 12.4 Å². The molecule has 130 valence electrons. The topological polar surface area (TPSA) is 76.0 Å². The Morgan fingerprint density at radius 3 is 2.71 bits per heavy atom. The minimum atomic E-state index is -0.215. The lowest BCUT2D eigenvalue weighted by atomic mass is 10.1. The van der Waals surface area contributed by atoms with E-state index < -0.39 is 0 Å². The molecule has 1 aliphatic heterocycles. The maximum absolute atomic E-state index is 12.6. The Bertz CT molecular complexity index is 782. The fraction of sp³-hybridized carbons (Fsp3) is 0.471. The number of carbonyl (C=O) groups excluding carboxylic acids is 1. The van der Waals surface area contributed by atoms with E-state index in [0.29, 0.717) is 23.0 Å². The highest BCUT2D eigenvalue weighted by atomic mass is 35.5. The van der Waals surface area contributed by atoms with Gasteiger partial charge in [-0.2, -0.15) is 5.10 Å². The average molecular weight is 351 g/mol. The van der Waals surface area contributed by atoms with Gasteiger partial charge in [0.2, 0.25) is 0 Å². The van der Waals surface area contributed by atoms with Crippen LogP contribution in [0.15, 0.2) is 29.1 Å². The molecule has 1 amide bonds. The van der Waals surface area contributed by atoms with Crippen molar-refractivity contribution in [3.8, 4) is 0 Å². The Labute approximate surface area is 147 Å². The molecule has 0 radical (unpaired) electrons. The summed E-state index contributed by atoms with van der Waals surface area (Å²) < 4.78 is 1.41. The number of hydrogen-bond acceptors (Lipinski definition) is 4. The molecule has 1 unspecified atom stereocenters. The van der Waals surface area contributed by atoms with Crippen molar-refractivity contribution in [2.45, 2.75) is 32.9 Å². The smallest absolute Gasteiger partial charge is 0.274 e. The van der Waals surface area contributed by atoms with Crippen molar-refractivity contribution in [2.75, 3.05) is 13.1 Å². The van der Waals surface area contributed by atoms with Gasteiger partial charge in [0.15, 0.2) is 5.69 Å². The number of carbonyl (C=O) groups is 1. The second-order valence-corrected chi connectivity index (χ2v) is 6.44. The maximum Gasteiger partial charge on any atom is 0.274 e. The van der Waals surface area contributed by atoms with E-state index in [-0.39, 0.29) is 35.8 Å². The molecule has 2 heterocycles. The van der Waals surface area contributed by atoms with Crippen molar-refractivity contribution < 1.29 is 4.79 Å². The monoisotopic (exact) mass is 350 g/mol. The summed E-state index contributed by atoms with van der Waals surface area (Å²) >= 11 is 0. The summed E-state index contributed by atoms with van der Waals surface area (Å²) in [6.45, 7) is 6.22. The Balaban J connectivity index is 0.00000208. The van der Waals surface area contributed by atoms with E-state index in [4.69, 9.17) is 0 Å². The Kier molecular flexibility index (Phi) is 5.96. The van der Waals surface area contributed by atoms with Gasteiger partial charge < -0.3 is 10.6 Å². The summed E-state index contributed by atoms with van der Waals surface area (Å²) in [5.41, 5.74) is 0.182. The number of halogens is 1. The minimum Gasteiger partial charge on any atom is -0.347 e. The molecule has 1 atom stereocenters. The van der Waals surface area contributed by atoms with E-state index in [9.17, 15) is 9.59 Å². The van der Waals surface area contributed by atoms with Crippen LogP contribution in [-0.4, -0.2) is 34.8 Å². The number of aromatic nitrogens is 2. The second-order valence-electron chi connectivity index (χ2n) is 6.44. The summed E-state index contributed by atoms with van der Waals surface area (Å²) in [5.74, 6) is 0.0590. The maximum atomic E-state index is 12.6. The molecule has 1 fully saturated rings. The van der Waals surface area contributed by atoms with Crippen LogP contribution in [0.2, 0.25) is 0 Å². The third-order valence-electron chi connectivity index (χ3n) is 4.02. The lowest BCUT2D eigenvalue weighted by Gasteiger charge is -2.15. The number of nitrogens with zero attached hydrogens (tertiary/aromatic N) is 2. The van der Waals surface area contributed by atoms with Crippen LogP contribution < -0.4 is 16.2 Å². The molecule has 1 aromatic carbocycles. The molecule has 1 aromatic heterocycles. The molecule has 0 spiro atoms. The summed E-state index contributed by atoms with van der Waals surface area (Å²) in [6.07, 6.45) is 0.912. The van der Waals surface area contributed by atoms with E-state index in [2.05, 4.69) is 15.7 Å². The third kappa shape index (κ3) is 3.76. The van der Waals surface area contributed by atoms with Gasteiger partial charge in [-0.3, -0.25) is 9.59 Å². The zero-order chi connectivity index (χ0) is 16.4. The largest absolute Gasteiger partial charge is 0.347 e. The summed E-state index contributed by atoms with van der Waals surface area (Å²) in [4.78, 5) is 25.2. The first-order valence-corrected chi connectivity index (χ1v) is 8.07. The highest BCUT2D eigenvalue weighted by Gasteiger charge is 2.21. The summed E-state index contributed by atoms with van der Waals surface area (Å²) in [6, 6.07) is 7.29. The van der Waals surface area contributed by atoms with Crippen LogP contribution in [-0.2, 0) is 6.54 Å². The van der Waals surface area contributed by atoms with Gasteiger partial charge in [0.1, 0.15) is 0 Å². The van der Waals surface area contributed by atoms with Crippen LogP contribution in [0.5, 0.6) is 0 Å². The molecule has 2 N–H and O–H groups in total. The standard InChI is InChI=1S/C17H22N4O2.ClH/c1-11(2)10-21-17(23)14-6-4-3-5-13(14)15(20-21)16(22)19-12-7-8-18-9-12;/h3-6,11-12,18H,7-10H2,1-2H3,(H,19,22);1H. The van der Waals surface area contributed by atoms with E-state index in [1.807, 2.05) is 26.0 Å². The third-order valence-corrected chi connectivity index (χ3v) is 4.02. The molecule has 2 aromatic rings. The Morgan fingerprint density at radius 1 is 1.38 bits per heavy atom. The van der Waals surface area contributed by atoms with E-state index in [1.165, 1.54) is 4.68 Å². The first-order chi connectivity index (χ1) is 11.1. The molecular formula is C17H23ClN4O2. The molecule has 1 aliphatic rings. The highest BCUT2D eigenvalue weighted by molar-refractivity contribution is 6.04. The number of amides is 1. The zero-order valence-corrected chi connectivity index (χ0v) is 14.7. The van der Waals surface area contributed by atoms with Crippen LogP contribution >= 0.6 is 12.4 Å². The first-order valence-electron chi connectivity index (χ1n) is 8.07. The van der Waals surface area contributed by atoms with Crippen molar-refractivity contribution in [1.29, 1.82) is 0 Å². The SMILES string of the molecule is CC(C)Cn1nc(C(=O)NC2CCNC2)c2ccccc2c1=O.Cl. The molecule has 1 saturated heterocycles. The fourth-order valence-electron chi connectivity index (χ4n) is 2.90. The number of benzene rings is 1. The molecule has 0 bridgehead atoms. The van der Waals surface area contributed by atoms with Crippen molar-refractivity contribution >= 4 is 29.1 Å². The van der Waals surface area contributed by atoms with Gasteiger partial charge in [-0.05, 0) is 24.9 Å². The summed E-state index contributed by atoms with van der Waals surface area (Å²) in [5, 5.41) is 11.7. The molecule has 0 aliphatic carbocycles. The second kappa shape index (κ2) is 7.77. The highest BCUT2D eigenvalue weighted by Crippen LogP contribution is 2.14. The van der Waals surface area contributed by atoms with Crippen LogP contribution in [0, 0.1) is 5.92 Å². The van der Waals surface area contributed by atoms with Crippen LogP contribution in [0.3, 0.4) is 0 Å². The van der Waals surface area contributed by atoms with Crippen LogP contribution in [0.4, 0.5) is 0 Å². The first kappa shape index (κ1) is 18.4. The van der Waals surface area contributed by atoms with Gasteiger partial charge in [-0.1, -0.05) is 32.0 Å². The van der Waals surface area contributed by atoms with Gasteiger partial charge in [0, 0.05) is 24.5 Å². The molecular weight excluding hydrogens is 328 g/mol. The van der Waals surface area contributed by atoms with Gasteiger partial charge in [0.05, 0.1) is 5.39 Å². The van der Waals surface area contributed by atoms with E-state index in [1.54, 1.807) is 12.1 Å². The lowest BCUT2D eigenvalue weighted by molar-refractivity contribution is 0.0934. The van der Waals surface area contributed by atoms with Crippen molar-refractivity contribution in [2.24, 2.45) is 5.92 Å². The molecule has 0 saturated carbocycles. The quantitative estimate of drug-likeness (QED) is 0.877. The van der Waals surface area contributed by atoms with Crippen molar-refractivity contribution in [3.05, 3.63) is 40.3 Å². The predicted molar refractivity (Wildman–Crippen MR) is 96.8 cm³/mol. The van der Waals surface area contributed by atoms with Crippen LogP contribution in [0.1, 0.15) is 30.8 Å². The zero-order valence-electron chi connectivity index (χ0n) is 13.9. The lowest BCUT2D eigenvalue weighted by Crippen LogP contribution is -2.38. The average Bonchev–Trinajstić information content (AvgIpc) is 3.02. The van der Waals surface area contributed by atoms with Gasteiger partial charge in [0.25, 0.3) is 11.5 Å². The Hall–Kier alpha value is -1.92. The van der Waals surface area contributed by atoms with Crippen molar-refractivity contribution in [3.63, 3.8) is 0 Å². The fourth-order valence-corrected chi connectivity index (χ4v) is 2.90. The summed E-state index contributed by atoms with van der Waals surface area (Å²) in [7, 11) is 0. The molecule has 7 heteroatoms. The number of hydrogen-bond donors (Lipinski definition) is 2. The van der Waals surface area contributed by atoms with E-state index in [0.717, 1.165) is 19.5 Å². The van der Waals surface area contributed by atoms with Gasteiger partial charge >= 0.3 is 0 Å². The number of nitrogens with one attached hydrogen (secondary N) is 2. The number of rotatable bonds is 4. The van der Waals surface area contributed by atoms with Crippen molar-refractivity contribution in [1.82, 2.24) is 20.4 Å². The minimum absolute atomic E-state index is 0. The van der Waals surface area contributed by atoms with E-state index >= 15 is 0 Å². The molecule has 24 heavy (non-hydrogen) atoms.